The smallest absolute Gasteiger partial charge is 0.0619 e. The molecule has 0 bridgehead atoms. The molecule has 0 saturated heterocycles. The fraction of sp³-hybridized carbons (Fsp3) is 0. The van der Waals surface area contributed by atoms with Gasteiger partial charge in [0.2, 0.25) is 0 Å². The molecule has 9 rings (SSSR count). The summed E-state index contributed by atoms with van der Waals surface area (Å²) in [5.41, 5.74) is 6.20. The van der Waals surface area contributed by atoms with Gasteiger partial charge in [0.1, 0.15) is 0 Å². The van der Waals surface area contributed by atoms with E-state index < -0.39 is 0 Å². The Bertz CT molecular complexity index is 2360. The topological polar surface area (TPSA) is 4.93 Å². The van der Waals surface area contributed by atoms with Crippen LogP contribution in [0.3, 0.4) is 0 Å². The standard InChI is InChI=1S/C38H23N/c1-2-10-29(11-3-1)39-35-23-28(18-20-32(35)34-22-15-24-7-4-5-12-31(24)38(34)39)30-19-16-27-14-13-25-8-6-9-26-17-21-33(30)37(27)36(25)26/h1-23H. The predicted octanol–water partition coefficient (Wildman–Crippen LogP) is 10.5. The lowest BCUT2D eigenvalue weighted by Gasteiger charge is -2.15. The second-order valence-corrected chi connectivity index (χ2v) is 10.6. The van der Waals surface area contributed by atoms with Crippen LogP contribution in [0, 0.1) is 0 Å². The van der Waals surface area contributed by atoms with Gasteiger partial charge in [-0.15, -0.1) is 0 Å². The number of hydrogen-bond donors (Lipinski definition) is 0. The van der Waals surface area contributed by atoms with E-state index in [0.717, 1.165) is 0 Å². The van der Waals surface area contributed by atoms with Crippen molar-refractivity contribution in [3.8, 4) is 16.8 Å². The van der Waals surface area contributed by atoms with Gasteiger partial charge in [-0.1, -0.05) is 121 Å². The van der Waals surface area contributed by atoms with Crippen molar-refractivity contribution >= 4 is 64.9 Å². The van der Waals surface area contributed by atoms with Crippen molar-refractivity contribution in [1.29, 1.82) is 0 Å². The van der Waals surface area contributed by atoms with Crippen LogP contribution >= 0.6 is 0 Å². The van der Waals surface area contributed by atoms with E-state index in [2.05, 4.69) is 144 Å². The van der Waals surface area contributed by atoms with Gasteiger partial charge in [-0.05, 0) is 67.0 Å². The average Bonchev–Trinajstić information content (AvgIpc) is 3.34. The Morgan fingerprint density at radius 1 is 0.385 bits per heavy atom. The van der Waals surface area contributed by atoms with Crippen molar-refractivity contribution in [1.82, 2.24) is 4.57 Å². The van der Waals surface area contributed by atoms with E-state index in [1.54, 1.807) is 0 Å². The second-order valence-electron chi connectivity index (χ2n) is 10.6. The molecule has 0 radical (unpaired) electrons. The lowest BCUT2D eigenvalue weighted by Crippen LogP contribution is -1.94. The van der Waals surface area contributed by atoms with Gasteiger partial charge in [-0.3, -0.25) is 0 Å². The molecule has 9 aromatic rings. The second kappa shape index (κ2) is 7.69. The highest BCUT2D eigenvalue weighted by molar-refractivity contribution is 6.26. The first-order chi connectivity index (χ1) is 19.3. The quantitative estimate of drug-likeness (QED) is 0.211. The predicted molar refractivity (Wildman–Crippen MR) is 167 cm³/mol. The zero-order valence-electron chi connectivity index (χ0n) is 21.2. The fourth-order valence-corrected chi connectivity index (χ4v) is 6.78. The SMILES string of the molecule is c1ccc(-n2c3cc(-c4ccc5ccc6cccc7ccc4c5c67)ccc3c3ccc4ccccc4c32)cc1. The van der Waals surface area contributed by atoms with E-state index in [1.807, 2.05) is 0 Å². The maximum absolute atomic E-state index is 2.45. The van der Waals surface area contributed by atoms with E-state index in [1.165, 1.54) is 81.7 Å². The van der Waals surface area contributed by atoms with Crippen LogP contribution in [-0.4, -0.2) is 4.57 Å². The lowest BCUT2D eigenvalue weighted by molar-refractivity contribution is 1.19. The van der Waals surface area contributed by atoms with Crippen LogP contribution in [0.25, 0.3) is 81.7 Å². The van der Waals surface area contributed by atoms with Crippen LogP contribution < -0.4 is 0 Å². The first-order valence-corrected chi connectivity index (χ1v) is 13.5. The summed E-state index contributed by atoms with van der Waals surface area (Å²) in [5.74, 6) is 0. The molecule has 0 saturated carbocycles. The fourth-order valence-electron chi connectivity index (χ4n) is 6.78. The Morgan fingerprint density at radius 3 is 1.90 bits per heavy atom. The number of para-hydroxylation sites is 1. The molecule has 39 heavy (non-hydrogen) atoms. The van der Waals surface area contributed by atoms with Crippen LogP contribution in [0.2, 0.25) is 0 Å². The van der Waals surface area contributed by atoms with Crippen molar-refractivity contribution < 1.29 is 0 Å². The molecule has 0 spiro atoms. The largest absolute Gasteiger partial charge is 0.309 e. The number of nitrogens with zero attached hydrogens (tertiary/aromatic N) is 1. The summed E-state index contributed by atoms with van der Waals surface area (Å²) >= 11 is 0. The van der Waals surface area contributed by atoms with Gasteiger partial charge in [0, 0.05) is 21.8 Å². The number of fused-ring (bicyclic) bond motifs is 5. The Labute approximate surface area is 225 Å². The van der Waals surface area contributed by atoms with Gasteiger partial charge in [0.15, 0.2) is 0 Å². The van der Waals surface area contributed by atoms with Crippen LogP contribution in [0.1, 0.15) is 0 Å². The third-order valence-corrected chi connectivity index (χ3v) is 8.51. The normalized spacial score (nSPS) is 12.1. The average molecular weight is 494 g/mol. The lowest BCUT2D eigenvalue weighted by atomic mass is 9.89. The van der Waals surface area contributed by atoms with Gasteiger partial charge in [0.05, 0.1) is 11.0 Å². The first kappa shape index (κ1) is 20.9. The molecule has 0 aliphatic carbocycles. The molecule has 0 aliphatic rings. The Morgan fingerprint density at radius 2 is 1.03 bits per heavy atom. The molecule has 180 valence electrons. The van der Waals surface area contributed by atoms with Crippen LogP contribution in [0.15, 0.2) is 140 Å². The first-order valence-electron chi connectivity index (χ1n) is 13.5. The molecule has 0 amide bonds. The van der Waals surface area contributed by atoms with Crippen molar-refractivity contribution in [3.05, 3.63) is 140 Å². The monoisotopic (exact) mass is 493 g/mol. The van der Waals surface area contributed by atoms with E-state index in [-0.39, 0.29) is 0 Å². The summed E-state index contributed by atoms with van der Waals surface area (Å²) in [6.45, 7) is 0. The maximum atomic E-state index is 2.45. The summed E-state index contributed by atoms with van der Waals surface area (Å²) in [6, 6.07) is 51.3. The minimum absolute atomic E-state index is 1.18. The zero-order chi connectivity index (χ0) is 25.5. The Kier molecular flexibility index (Phi) is 4.11. The molecule has 0 aliphatic heterocycles. The third-order valence-electron chi connectivity index (χ3n) is 8.51. The molecule has 1 heterocycles. The Hall–Kier alpha value is -5.14. The molecule has 1 heteroatoms. The van der Waals surface area contributed by atoms with Crippen LogP contribution in [-0.2, 0) is 0 Å². The van der Waals surface area contributed by atoms with Gasteiger partial charge in [-0.25, -0.2) is 0 Å². The summed E-state index contributed by atoms with van der Waals surface area (Å²) in [4.78, 5) is 0. The third kappa shape index (κ3) is 2.85. The van der Waals surface area contributed by atoms with E-state index in [9.17, 15) is 0 Å². The number of hydrogen-bond acceptors (Lipinski definition) is 0. The molecule has 0 fully saturated rings. The maximum Gasteiger partial charge on any atom is 0.0619 e. The molecule has 0 atom stereocenters. The van der Waals surface area contributed by atoms with E-state index >= 15 is 0 Å². The zero-order valence-corrected chi connectivity index (χ0v) is 21.2. The van der Waals surface area contributed by atoms with E-state index in [4.69, 9.17) is 0 Å². The Balaban J connectivity index is 1.41. The molecule has 1 nitrogen and oxygen atoms in total. The summed E-state index contributed by atoms with van der Waals surface area (Å²) < 4.78 is 2.45. The van der Waals surface area contributed by atoms with Crippen LogP contribution in [0.4, 0.5) is 0 Å². The van der Waals surface area contributed by atoms with Crippen molar-refractivity contribution in [2.24, 2.45) is 0 Å². The minimum Gasteiger partial charge on any atom is -0.309 e. The van der Waals surface area contributed by atoms with Crippen molar-refractivity contribution in [2.75, 3.05) is 0 Å². The van der Waals surface area contributed by atoms with Gasteiger partial charge in [0.25, 0.3) is 0 Å². The molecule has 8 aromatic carbocycles. The number of benzene rings is 8. The van der Waals surface area contributed by atoms with Crippen molar-refractivity contribution in [2.45, 2.75) is 0 Å². The summed E-state index contributed by atoms with van der Waals surface area (Å²) in [5, 5.41) is 13.0. The highest BCUT2D eigenvalue weighted by Crippen LogP contribution is 2.42. The molecule has 0 unspecified atom stereocenters. The molecular weight excluding hydrogens is 470 g/mol. The highest BCUT2D eigenvalue weighted by atomic mass is 15.0. The summed E-state index contributed by atoms with van der Waals surface area (Å²) in [7, 11) is 0. The number of rotatable bonds is 2. The highest BCUT2D eigenvalue weighted by Gasteiger charge is 2.17. The van der Waals surface area contributed by atoms with Gasteiger partial charge in [-0.2, -0.15) is 0 Å². The molecule has 1 aromatic heterocycles. The van der Waals surface area contributed by atoms with Crippen LogP contribution in [0.5, 0.6) is 0 Å². The van der Waals surface area contributed by atoms with Crippen molar-refractivity contribution in [3.63, 3.8) is 0 Å². The van der Waals surface area contributed by atoms with Gasteiger partial charge >= 0.3 is 0 Å². The van der Waals surface area contributed by atoms with E-state index in [0.29, 0.717) is 0 Å². The molecular formula is C38H23N. The molecule has 0 N–H and O–H groups in total. The summed E-state index contributed by atoms with van der Waals surface area (Å²) in [6.07, 6.45) is 0. The van der Waals surface area contributed by atoms with Gasteiger partial charge < -0.3 is 4.57 Å². The number of aromatic nitrogens is 1. The minimum atomic E-state index is 1.18.